The maximum Gasteiger partial charge on any atom is 3.00 e. The smallest absolute Gasteiger partial charge is 0.418 e. The minimum atomic E-state index is -6.00. The first-order chi connectivity index (χ1) is 10.0. The molecular weight excluding hydrogens is 459 g/mol. The van der Waals surface area contributed by atoms with Gasteiger partial charge in [-0.3, -0.25) is 0 Å². The van der Waals surface area contributed by atoms with Gasteiger partial charge in [-0.25, -0.2) is 0 Å². The van der Waals surface area contributed by atoms with Gasteiger partial charge in [-0.1, -0.05) is 24.3 Å². The van der Waals surface area contributed by atoms with Crippen LogP contribution >= 0.6 is 0 Å². The summed E-state index contributed by atoms with van der Waals surface area (Å²) in [5.74, 6) is 0. The Hall–Kier alpha value is -0.542. The van der Waals surface area contributed by atoms with Gasteiger partial charge in [-0.05, 0) is 25.7 Å². The van der Waals surface area contributed by atoms with Crippen LogP contribution in [-0.2, 0) is 19.5 Å². The molecule has 0 radical (unpaired) electrons. The van der Waals surface area contributed by atoms with Crippen LogP contribution in [0.15, 0.2) is 24.3 Å². The molecular formula is C8H12B3F12Rh. The minimum Gasteiger partial charge on any atom is -0.418 e. The molecule has 1 aliphatic carbocycles. The molecule has 16 heteroatoms. The van der Waals surface area contributed by atoms with Crippen molar-refractivity contribution in [2.45, 2.75) is 25.7 Å². The standard InChI is InChI=1S/C8H12.3BF4.Rh/c1-2-4-6-8-7-5-3-1;3*2-1(3,4)5;/h1-2,7-8H,3-6H2;;;;/q;3*-1;+3. The summed E-state index contributed by atoms with van der Waals surface area (Å²) in [5.41, 5.74) is 0. The molecule has 0 aromatic carbocycles. The molecule has 0 saturated heterocycles. The third-order valence-electron chi connectivity index (χ3n) is 1.33. The molecule has 0 aromatic heterocycles. The van der Waals surface area contributed by atoms with E-state index in [0.717, 1.165) is 0 Å². The van der Waals surface area contributed by atoms with E-state index in [-0.39, 0.29) is 19.5 Å². The van der Waals surface area contributed by atoms with Crippen molar-refractivity contribution in [2.75, 3.05) is 0 Å². The molecule has 0 spiro atoms. The molecule has 146 valence electrons. The molecule has 24 heavy (non-hydrogen) atoms. The molecule has 0 atom stereocenters. The molecule has 0 bridgehead atoms. The second-order valence-electron chi connectivity index (χ2n) is 3.58. The van der Waals surface area contributed by atoms with Gasteiger partial charge in [-0.2, -0.15) is 0 Å². The molecule has 0 aliphatic heterocycles. The first kappa shape index (κ1) is 31.2. The van der Waals surface area contributed by atoms with Gasteiger partial charge in [0.1, 0.15) is 0 Å². The summed E-state index contributed by atoms with van der Waals surface area (Å²) in [6, 6.07) is 0. The van der Waals surface area contributed by atoms with Crippen molar-refractivity contribution in [1.29, 1.82) is 0 Å². The molecule has 1 rings (SSSR count). The van der Waals surface area contributed by atoms with E-state index in [2.05, 4.69) is 24.3 Å². The Morgan fingerprint density at radius 3 is 0.542 bits per heavy atom. The fourth-order valence-corrected chi connectivity index (χ4v) is 0.856. The van der Waals surface area contributed by atoms with Gasteiger partial charge < -0.3 is 51.8 Å². The van der Waals surface area contributed by atoms with E-state index in [1.54, 1.807) is 0 Å². The van der Waals surface area contributed by atoms with Crippen molar-refractivity contribution in [3.63, 3.8) is 0 Å². The van der Waals surface area contributed by atoms with E-state index in [1.807, 2.05) is 0 Å². The maximum absolute atomic E-state index is 9.75. The van der Waals surface area contributed by atoms with Crippen LogP contribution in [0.1, 0.15) is 25.7 Å². The zero-order chi connectivity index (χ0) is 19.2. The topological polar surface area (TPSA) is 0 Å². The Bertz CT molecular complexity index is 249. The van der Waals surface area contributed by atoms with Gasteiger partial charge in [-0.15, -0.1) is 0 Å². The Balaban J connectivity index is -0.000000113. The zero-order valence-corrected chi connectivity index (χ0v) is 13.4. The Labute approximate surface area is 143 Å². The normalized spacial score (nSPS) is 14.2. The molecule has 0 saturated carbocycles. The van der Waals surface area contributed by atoms with E-state index in [9.17, 15) is 51.8 Å². The van der Waals surface area contributed by atoms with Gasteiger partial charge in [0.05, 0.1) is 0 Å². The van der Waals surface area contributed by atoms with Crippen LogP contribution in [0.2, 0.25) is 0 Å². The summed E-state index contributed by atoms with van der Waals surface area (Å²) < 4.78 is 117. The first-order valence-corrected chi connectivity index (χ1v) is 5.92. The summed E-state index contributed by atoms with van der Waals surface area (Å²) in [7, 11) is -18.0. The van der Waals surface area contributed by atoms with Gasteiger partial charge in [0, 0.05) is 0 Å². The summed E-state index contributed by atoms with van der Waals surface area (Å²) >= 11 is 0. The van der Waals surface area contributed by atoms with Gasteiger partial charge in [0.15, 0.2) is 0 Å². The van der Waals surface area contributed by atoms with Crippen molar-refractivity contribution in [3.8, 4) is 0 Å². The molecule has 0 nitrogen and oxygen atoms in total. The van der Waals surface area contributed by atoms with Crippen LogP contribution < -0.4 is 0 Å². The van der Waals surface area contributed by atoms with E-state index in [0.29, 0.717) is 0 Å². The molecule has 0 fully saturated rings. The number of hydrogen-bond acceptors (Lipinski definition) is 0. The fraction of sp³-hybridized carbons (Fsp3) is 0.500. The third-order valence-corrected chi connectivity index (χ3v) is 1.33. The number of hydrogen-bond donors (Lipinski definition) is 0. The first-order valence-electron chi connectivity index (χ1n) is 5.92. The third kappa shape index (κ3) is 161. The number of halogens is 12. The van der Waals surface area contributed by atoms with Gasteiger partial charge in [0.25, 0.3) is 0 Å². The average molecular weight is 472 g/mol. The van der Waals surface area contributed by atoms with Crippen molar-refractivity contribution >= 4 is 21.8 Å². The molecule has 0 N–H and O–H groups in total. The second kappa shape index (κ2) is 16.0. The average Bonchev–Trinajstić information content (AvgIpc) is 2.05. The molecule has 0 unspecified atom stereocenters. The van der Waals surface area contributed by atoms with E-state index < -0.39 is 21.8 Å². The predicted molar refractivity (Wildman–Crippen MR) is 67.3 cm³/mol. The molecule has 0 amide bonds. The summed E-state index contributed by atoms with van der Waals surface area (Å²) in [4.78, 5) is 0. The van der Waals surface area contributed by atoms with Crippen LogP contribution in [-0.4, -0.2) is 21.8 Å². The quantitative estimate of drug-likeness (QED) is 0.213. The molecule has 0 aromatic rings. The van der Waals surface area contributed by atoms with Crippen LogP contribution in [0.3, 0.4) is 0 Å². The molecule has 0 heterocycles. The van der Waals surface area contributed by atoms with Crippen LogP contribution in [0.5, 0.6) is 0 Å². The maximum atomic E-state index is 9.75. The SMILES string of the molecule is C1=CCCC=CCC1.F[B-](F)(F)F.F[B-](F)(F)F.F[B-](F)(F)F.[Rh+3]. The predicted octanol–water partition coefficient (Wildman–Crippen LogP) is 6.57. The molecule has 1 aliphatic rings. The number of rotatable bonds is 0. The summed E-state index contributed by atoms with van der Waals surface area (Å²) in [5, 5.41) is 0. The monoisotopic (exact) mass is 472 g/mol. The van der Waals surface area contributed by atoms with Gasteiger partial charge in [0.2, 0.25) is 0 Å². The largest absolute Gasteiger partial charge is 3.00 e. The van der Waals surface area contributed by atoms with Crippen LogP contribution in [0.4, 0.5) is 51.8 Å². The summed E-state index contributed by atoms with van der Waals surface area (Å²) in [6.07, 6.45) is 14.0. The van der Waals surface area contributed by atoms with Crippen molar-refractivity contribution < 1.29 is 71.3 Å². The van der Waals surface area contributed by atoms with Crippen LogP contribution in [0, 0.1) is 0 Å². The fourth-order valence-electron chi connectivity index (χ4n) is 0.856. The Morgan fingerprint density at radius 1 is 0.375 bits per heavy atom. The van der Waals surface area contributed by atoms with Gasteiger partial charge >= 0.3 is 41.2 Å². The van der Waals surface area contributed by atoms with Crippen LogP contribution in [0.25, 0.3) is 0 Å². The van der Waals surface area contributed by atoms with Crippen molar-refractivity contribution in [3.05, 3.63) is 24.3 Å². The van der Waals surface area contributed by atoms with E-state index in [4.69, 9.17) is 0 Å². The Morgan fingerprint density at radius 2 is 0.458 bits per heavy atom. The zero-order valence-electron chi connectivity index (χ0n) is 11.7. The minimum absolute atomic E-state index is 0. The number of allylic oxidation sites excluding steroid dienone is 4. The second-order valence-corrected chi connectivity index (χ2v) is 3.58. The van der Waals surface area contributed by atoms with Crippen molar-refractivity contribution in [1.82, 2.24) is 0 Å². The van der Waals surface area contributed by atoms with E-state index in [1.165, 1.54) is 25.7 Å². The van der Waals surface area contributed by atoms with E-state index >= 15 is 0 Å². The van der Waals surface area contributed by atoms with Crippen molar-refractivity contribution in [2.24, 2.45) is 0 Å². The summed E-state index contributed by atoms with van der Waals surface area (Å²) in [6.45, 7) is 0. The Kier molecular flexibility index (Phi) is 20.8.